The molecule has 0 spiro atoms. The molecule has 0 unspecified atom stereocenters. The molecule has 1 heterocycles. The lowest BCUT2D eigenvalue weighted by Gasteiger charge is -2.28. The van der Waals surface area contributed by atoms with Crippen molar-refractivity contribution in [3.63, 3.8) is 0 Å². The van der Waals surface area contributed by atoms with Crippen LogP contribution in [0.3, 0.4) is 0 Å². The van der Waals surface area contributed by atoms with Gasteiger partial charge in [0.1, 0.15) is 12.4 Å². The number of nitrogens with one attached hydrogen (secondary N) is 2. The van der Waals surface area contributed by atoms with Crippen molar-refractivity contribution in [3.8, 4) is 5.75 Å². The Labute approximate surface area is 220 Å². The monoisotopic (exact) mass is 513 g/mol. The first kappa shape index (κ1) is 25.3. The van der Waals surface area contributed by atoms with Gasteiger partial charge < -0.3 is 19.8 Å². The molecule has 1 aliphatic carbocycles. The Kier molecular flexibility index (Phi) is 7.31. The molecule has 1 aromatic heterocycles. The van der Waals surface area contributed by atoms with Gasteiger partial charge in [-0.05, 0) is 61.9 Å². The second-order valence-corrected chi connectivity index (χ2v) is 9.74. The van der Waals surface area contributed by atoms with Gasteiger partial charge in [-0.25, -0.2) is 9.59 Å². The van der Waals surface area contributed by atoms with Crippen LogP contribution in [-0.2, 0) is 16.1 Å². The molecular weight excluding hydrogens is 482 g/mol. The van der Waals surface area contributed by atoms with Gasteiger partial charge in [-0.3, -0.25) is 9.36 Å². The van der Waals surface area contributed by atoms with E-state index < -0.39 is 5.97 Å². The van der Waals surface area contributed by atoms with Crippen LogP contribution < -0.4 is 15.7 Å². The van der Waals surface area contributed by atoms with Crippen molar-refractivity contribution in [2.75, 3.05) is 12.4 Å². The summed E-state index contributed by atoms with van der Waals surface area (Å²) < 4.78 is 12.6. The number of para-hydroxylation sites is 1. The molecule has 2 N–H and O–H groups in total. The smallest absolute Gasteiger partial charge is 0.340 e. The van der Waals surface area contributed by atoms with Gasteiger partial charge in [-0.1, -0.05) is 42.5 Å². The maximum absolute atomic E-state index is 13.0. The molecule has 5 rings (SSSR count). The number of H-pyrrole nitrogens is 1. The molecule has 1 aliphatic rings. The molecule has 38 heavy (non-hydrogen) atoms. The van der Waals surface area contributed by atoms with Crippen molar-refractivity contribution in [3.05, 3.63) is 93.9 Å². The Morgan fingerprint density at radius 3 is 2.50 bits per heavy atom. The van der Waals surface area contributed by atoms with Gasteiger partial charge in [0.15, 0.2) is 0 Å². The zero-order valence-corrected chi connectivity index (χ0v) is 21.5. The molecule has 0 saturated heterocycles. The molecule has 1 fully saturated rings. The number of benzene rings is 3. The van der Waals surface area contributed by atoms with Gasteiger partial charge in [-0.2, -0.15) is 0 Å². The molecule has 4 aromatic rings. The summed E-state index contributed by atoms with van der Waals surface area (Å²) in [6.07, 6.45) is 2.70. The lowest BCUT2D eigenvalue weighted by molar-refractivity contribution is -0.121. The van der Waals surface area contributed by atoms with Crippen LogP contribution in [0, 0.1) is 12.8 Å². The molecule has 0 atom stereocenters. The largest absolute Gasteiger partial charge is 0.496 e. The van der Waals surface area contributed by atoms with Crippen LogP contribution in [0.5, 0.6) is 5.75 Å². The minimum absolute atomic E-state index is 0.0240. The average molecular weight is 514 g/mol. The number of methoxy groups -OCH3 is 1. The highest BCUT2D eigenvalue weighted by Gasteiger charge is 2.29. The van der Waals surface area contributed by atoms with Gasteiger partial charge in [0.25, 0.3) is 0 Å². The van der Waals surface area contributed by atoms with E-state index in [1.807, 2.05) is 61.5 Å². The number of anilines is 1. The van der Waals surface area contributed by atoms with Crippen molar-refractivity contribution in [1.82, 2.24) is 9.55 Å². The summed E-state index contributed by atoms with van der Waals surface area (Å²) in [6, 6.07) is 20.3. The third-order valence-electron chi connectivity index (χ3n) is 7.29. The number of aryl methyl sites for hydroxylation is 1. The van der Waals surface area contributed by atoms with E-state index in [0.29, 0.717) is 48.0 Å². The quantitative estimate of drug-likeness (QED) is 0.323. The molecule has 8 nitrogen and oxygen atoms in total. The number of imidazole rings is 1. The predicted octanol–water partition coefficient (Wildman–Crippen LogP) is 5.37. The topological polar surface area (TPSA) is 102 Å². The highest BCUT2D eigenvalue weighted by Crippen LogP contribution is 2.34. The summed E-state index contributed by atoms with van der Waals surface area (Å²) in [5, 5.41) is 3.00. The number of carbonyl (C=O) groups excluding carboxylic acids is 2. The van der Waals surface area contributed by atoms with Crippen molar-refractivity contribution in [2.24, 2.45) is 5.92 Å². The van der Waals surface area contributed by atoms with Crippen LogP contribution in [0.25, 0.3) is 11.0 Å². The molecule has 1 amide bonds. The normalized spacial score (nSPS) is 17.2. The van der Waals surface area contributed by atoms with Gasteiger partial charge in [0.05, 0.1) is 23.7 Å². The first-order chi connectivity index (χ1) is 18.4. The van der Waals surface area contributed by atoms with E-state index in [4.69, 9.17) is 9.47 Å². The first-order valence-electron chi connectivity index (χ1n) is 12.8. The summed E-state index contributed by atoms with van der Waals surface area (Å²) in [5.41, 5.74) is 3.81. The van der Waals surface area contributed by atoms with E-state index in [1.165, 1.54) is 0 Å². The summed E-state index contributed by atoms with van der Waals surface area (Å²) in [4.78, 5) is 41.7. The molecule has 1 saturated carbocycles. The maximum atomic E-state index is 13.0. The zero-order valence-electron chi connectivity index (χ0n) is 21.5. The molecule has 196 valence electrons. The van der Waals surface area contributed by atoms with E-state index in [9.17, 15) is 14.4 Å². The van der Waals surface area contributed by atoms with Crippen LogP contribution in [0.4, 0.5) is 5.69 Å². The van der Waals surface area contributed by atoms with Gasteiger partial charge in [-0.15, -0.1) is 0 Å². The number of rotatable bonds is 7. The summed E-state index contributed by atoms with van der Waals surface area (Å²) >= 11 is 0. The van der Waals surface area contributed by atoms with E-state index in [2.05, 4.69) is 10.3 Å². The van der Waals surface area contributed by atoms with Crippen molar-refractivity contribution in [2.45, 2.75) is 45.3 Å². The first-order valence-corrected chi connectivity index (χ1v) is 12.8. The number of hydrogen-bond donors (Lipinski definition) is 2. The second-order valence-electron chi connectivity index (χ2n) is 9.74. The lowest BCUT2D eigenvalue weighted by atomic mass is 9.85. The number of aromatic nitrogens is 2. The highest BCUT2D eigenvalue weighted by molar-refractivity contribution is 6.02. The molecule has 0 bridgehead atoms. The number of aromatic amines is 1. The van der Waals surface area contributed by atoms with Gasteiger partial charge in [0, 0.05) is 23.7 Å². The number of nitrogens with zero attached hydrogens (tertiary/aromatic N) is 1. The second kappa shape index (κ2) is 11.0. The van der Waals surface area contributed by atoms with Crippen LogP contribution >= 0.6 is 0 Å². The van der Waals surface area contributed by atoms with E-state index in [0.717, 1.165) is 16.9 Å². The minimum atomic E-state index is -0.485. The average Bonchev–Trinajstić information content (AvgIpc) is 3.29. The molecular formula is C30H31N3O5. The number of carbonyl (C=O) groups is 2. The Bertz CT molecular complexity index is 1510. The van der Waals surface area contributed by atoms with Crippen molar-refractivity contribution >= 4 is 28.6 Å². The van der Waals surface area contributed by atoms with Gasteiger partial charge >= 0.3 is 11.7 Å². The van der Waals surface area contributed by atoms with Crippen LogP contribution in [0.2, 0.25) is 0 Å². The number of fused-ring (bicyclic) bond motifs is 1. The van der Waals surface area contributed by atoms with E-state index in [-0.39, 0.29) is 30.2 Å². The van der Waals surface area contributed by atoms with Crippen molar-refractivity contribution in [1.29, 1.82) is 0 Å². The number of ether oxygens (including phenoxy) is 2. The Hall–Kier alpha value is -4.33. The molecule has 0 radical (unpaired) electrons. The third kappa shape index (κ3) is 5.20. The Balaban J connectivity index is 1.27. The summed E-state index contributed by atoms with van der Waals surface area (Å²) in [6.45, 7) is 2.11. The van der Waals surface area contributed by atoms with Crippen LogP contribution in [0.15, 0.2) is 71.5 Å². The number of hydrogen-bond acceptors (Lipinski definition) is 5. The molecule has 3 aromatic carbocycles. The minimum Gasteiger partial charge on any atom is -0.496 e. The fourth-order valence-electron chi connectivity index (χ4n) is 5.22. The van der Waals surface area contributed by atoms with Gasteiger partial charge in [0.2, 0.25) is 5.91 Å². The Morgan fingerprint density at radius 2 is 1.76 bits per heavy atom. The summed E-state index contributed by atoms with van der Waals surface area (Å²) in [7, 11) is 1.61. The zero-order chi connectivity index (χ0) is 26.6. The lowest BCUT2D eigenvalue weighted by Crippen LogP contribution is -2.31. The number of amides is 1. The van der Waals surface area contributed by atoms with E-state index in [1.54, 1.807) is 23.8 Å². The molecule has 8 heteroatoms. The summed E-state index contributed by atoms with van der Waals surface area (Å²) in [5.74, 6) is 0.0848. The predicted molar refractivity (Wildman–Crippen MR) is 145 cm³/mol. The van der Waals surface area contributed by atoms with Crippen LogP contribution in [0.1, 0.15) is 53.2 Å². The fourth-order valence-corrected chi connectivity index (χ4v) is 5.22. The SMILES string of the molecule is COc1cc(NC(=O)C2CCC(n3c(=O)[nH]c4c(C(=O)OCc5ccccc5)cccc43)CC2)ccc1C. The third-order valence-corrected chi connectivity index (χ3v) is 7.29. The maximum Gasteiger partial charge on any atom is 0.340 e. The molecule has 0 aliphatic heterocycles. The standard InChI is InChI=1S/C30H31N3O5/c1-19-11-14-22(17-26(19)37-2)31-28(34)21-12-15-23(16-13-21)33-25-10-6-9-24(27(25)32-30(33)36)29(35)38-18-20-7-4-3-5-8-20/h3-11,14,17,21,23H,12-13,15-16,18H2,1-2H3,(H,31,34)(H,32,36). The fraction of sp³-hybridized carbons (Fsp3) is 0.300. The highest BCUT2D eigenvalue weighted by atomic mass is 16.5. The Morgan fingerprint density at radius 1 is 1.00 bits per heavy atom. The van der Waals surface area contributed by atoms with Crippen LogP contribution in [-0.4, -0.2) is 28.5 Å². The number of esters is 1. The van der Waals surface area contributed by atoms with E-state index >= 15 is 0 Å². The van der Waals surface area contributed by atoms with Crippen molar-refractivity contribution < 1.29 is 19.1 Å².